The smallest absolute Gasteiger partial charge is 0.249 e. The molecule has 0 aliphatic rings. The van der Waals surface area contributed by atoms with Gasteiger partial charge in [-0.25, -0.2) is 9.67 Å². The topological polar surface area (TPSA) is 73.8 Å². The lowest BCUT2D eigenvalue weighted by atomic mass is 10.1. The lowest BCUT2D eigenvalue weighted by Gasteiger charge is -2.05. The molecule has 0 saturated heterocycles. The van der Waals surface area contributed by atoms with Crippen molar-refractivity contribution < 1.29 is 4.79 Å². The maximum atomic E-state index is 11.1. The van der Waals surface area contributed by atoms with E-state index in [2.05, 4.69) is 10.1 Å². The largest absolute Gasteiger partial charge is 0.366 e. The van der Waals surface area contributed by atoms with Crippen LogP contribution in [-0.2, 0) is 6.54 Å². The van der Waals surface area contributed by atoms with E-state index in [9.17, 15) is 4.79 Å². The molecule has 0 spiro atoms. The lowest BCUT2D eigenvalue weighted by Crippen LogP contribution is -2.15. The van der Waals surface area contributed by atoms with Crippen molar-refractivity contribution in [3.63, 3.8) is 0 Å². The highest BCUT2D eigenvalue weighted by Crippen LogP contribution is 2.08. The third-order valence-corrected chi connectivity index (χ3v) is 2.08. The molecule has 5 nitrogen and oxygen atoms in total. The number of aromatic nitrogens is 3. The Morgan fingerprint density at radius 2 is 2.20 bits per heavy atom. The predicted octanol–water partition coefficient (Wildman–Crippen LogP) is 0.425. The van der Waals surface area contributed by atoms with Gasteiger partial charge in [-0.2, -0.15) is 5.10 Å². The summed E-state index contributed by atoms with van der Waals surface area (Å²) in [5.74, 6) is -0.425. The molecule has 0 aliphatic heterocycles. The van der Waals surface area contributed by atoms with Crippen molar-refractivity contribution in [2.45, 2.75) is 6.54 Å². The van der Waals surface area contributed by atoms with Gasteiger partial charge in [0.15, 0.2) is 0 Å². The van der Waals surface area contributed by atoms with Crippen LogP contribution >= 0.6 is 0 Å². The highest BCUT2D eigenvalue weighted by Gasteiger charge is 2.07. The van der Waals surface area contributed by atoms with Gasteiger partial charge in [0, 0.05) is 5.56 Å². The molecule has 1 aromatic heterocycles. The quantitative estimate of drug-likeness (QED) is 0.784. The zero-order valence-electron chi connectivity index (χ0n) is 8.00. The Bertz CT molecular complexity index is 464. The summed E-state index contributed by atoms with van der Waals surface area (Å²) in [4.78, 5) is 15.0. The first kappa shape index (κ1) is 9.39. The standard InChI is InChI=1S/C10H10N4O/c11-10(15)9-4-2-1-3-8(9)5-14-7-12-6-13-14/h1-4,6-7H,5H2,(H2,11,15). The van der Waals surface area contributed by atoms with Crippen LogP contribution < -0.4 is 5.73 Å². The summed E-state index contributed by atoms with van der Waals surface area (Å²) in [5, 5.41) is 3.97. The van der Waals surface area contributed by atoms with Crippen LogP contribution in [0.3, 0.4) is 0 Å². The number of carbonyl (C=O) groups is 1. The third-order valence-electron chi connectivity index (χ3n) is 2.08. The van der Waals surface area contributed by atoms with Crippen molar-refractivity contribution >= 4 is 5.91 Å². The van der Waals surface area contributed by atoms with Gasteiger partial charge in [-0.15, -0.1) is 0 Å². The van der Waals surface area contributed by atoms with E-state index in [4.69, 9.17) is 5.73 Å². The number of rotatable bonds is 3. The van der Waals surface area contributed by atoms with E-state index in [1.807, 2.05) is 12.1 Å². The SMILES string of the molecule is NC(=O)c1ccccc1Cn1cncn1. The summed E-state index contributed by atoms with van der Waals surface area (Å²) in [5.41, 5.74) is 6.62. The molecular weight excluding hydrogens is 192 g/mol. The van der Waals surface area contributed by atoms with Crippen LogP contribution in [0.1, 0.15) is 15.9 Å². The van der Waals surface area contributed by atoms with Crippen LogP contribution in [0.5, 0.6) is 0 Å². The van der Waals surface area contributed by atoms with Crippen LogP contribution in [-0.4, -0.2) is 20.7 Å². The summed E-state index contributed by atoms with van der Waals surface area (Å²) in [7, 11) is 0. The Morgan fingerprint density at radius 3 is 2.87 bits per heavy atom. The molecule has 1 amide bonds. The first-order valence-electron chi connectivity index (χ1n) is 4.47. The summed E-state index contributed by atoms with van der Waals surface area (Å²) in [6.07, 6.45) is 3.05. The van der Waals surface area contributed by atoms with E-state index in [1.54, 1.807) is 23.1 Å². The molecule has 0 aliphatic carbocycles. The number of carbonyl (C=O) groups excluding carboxylic acids is 1. The van der Waals surface area contributed by atoms with Crippen LogP contribution in [0.2, 0.25) is 0 Å². The van der Waals surface area contributed by atoms with E-state index >= 15 is 0 Å². The van der Waals surface area contributed by atoms with Crippen molar-refractivity contribution in [2.75, 3.05) is 0 Å². The molecule has 0 radical (unpaired) electrons. The molecule has 0 saturated carbocycles. The van der Waals surface area contributed by atoms with E-state index in [0.29, 0.717) is 12.1 Å². The Balaban J connectivity index is 2.32. The predicted molar refractivity (Wildman–Crippen MR) is 54.1 cm³/mol. The number of amides is 1. The minimum Gasteiger partial charge on any atom is -0.366 e. The van der Waals surface area contributed by atoms with E-state index in [1.165, 1.54) is 6.33 Å². The molecule has 2 N–H and O–H groups in total. The number of nitrogens with zero attached hydrogens (tertiary/aromatic N) is 3. The number of hydrogen-bond acceptors (Lipinski definition) is 3. The van der Waals surface area contributed by atoms with Crippen molar-refractivity contribution in [2.24, 2.45) is 5.73 Å². The zero-order chi connectivity index (χ0) is 10.7. The van der Waals surface area contributed by atoms with Crippen molar-refractivity contribution in [3.8, 4) is 0 Å². The van der Waals surface area contributed by atoms with Crippen LogP contribution in [0.25, 0.3) is 0 Å². The fourth-order valence-electron chi connectivity index (χ4n) is 1.39. The Kier molecular flexibility index (Phi) is 2.45. The maximum absolute atomic E-state index is 11.1. The number of nitrogens with two attached hydrogens (primary N) is 1. The third kappa shape index (κ3) is 2.01. The summed E-state index contributed by atoms with van der Waals surface area (Å²) < 4.78 is 1.64. The molecule has 0 bridgehead atoms. The van der Waals surface area contributed by atoms with Gasteiger partial charge in [-0.05, 0) is 11.6 Å². The van der Waals surface area contributed by atoms with Gasteiger partial charge in [0.1, 0.15) is 12.7 Å². The summed E-state index contributed by atoms with van der Waals surface area (Å²) in [6, 6.07) is 7.19. The van der Waals surface area contributed by atoms with Crippen molar-refractivity contribution in [1.82, 2.24) is 14.8 Å². The molecule has 0 atom stereocenters. The van der Waals surface area contributed by atoms with Gasteiger partial charge in [-0.1, -0.05) is 18.2 Å². The van der Waals surface area contributed by atoms with Gasteiger partial charge >= 0.3 is 0 Å². The first-order chi connectivity index (χ1) is 7.27. The molecule has 2 rings (SSSR count). The van der Waals surface area contributed by atoms with E-state index < -0.39 is 5.91 Å². The molecule has 15 heavy (non-hydrogen) atoms. The number of benzene rings is 1. The Morgan fingerprint density at radius 1 is 1.40 bits per heavy atom. The summed E-state index contributed by atoms with van der Waals surface area (Å²) >= 11 is 0. The van der Waals surface area contributed by atoms with Crippen LogP contribution in [0.4, 0.5) is 0 Å². The van der Waals surface area contributed by atoms with E-state index in [-0.39, 0.29) is 0 Å². The minimum atomic E-state index is -0.425. The van der Waals surface area contributed by atoms with Gasteiger partial charge in [-0.3, -0.25) is 4.79 Å². The average Bonchev–Trinajstić information content (AvgIpc) is 2.71. The van der Waals surface area contributed by atoms with Crippen molar-refractivity contribution in [3.05, 3.63) is 48.0 Å². The second-order valence-corrected chi connectivity index (χ2v) is 3.11. The highest BCUT2D eigenvalue weighted by molar-refractivity contribution is 5.94. The van der Waals surface area contributed by atoms with Gasteiger partial charge in [0.05, 0.1) is 6.54 Å². The summed E-state index contributed by atoms with van der Waals surface area (Å²) in [6.45, 7) is 0.499. The van der Waals surface area contributed by atoms with Crippen LogP contribution in [0.15, 0.2) is 36.9 Å². The normalized spacial score (nSPS) is 10.1. The van der Waals surface area contributed by atoms with Gasteiger partial charge < -0.3 is 5.73 Å². The molecule has 2 aromatic rings. The van der Waals surface area contributed by atoms with Gasteiger partial charge in [0.2, 0.25) is 5.91 Å². The van der Waals surface area contributed by atoms with Crippen LogP contribution in [0, 0.1) is 0 Å². The molecule has 0 unspecified atom stereocenters. The fraction of sp³-hybridized carbons (Fsp3) is 0.100. The second kappa shape index (κ2) is 3.91. The maximum Gasteiger partial charge on any atom is 0.249 e. The Hall–Kier alpha value is -2.17. The molecule has 0 fully saturated rings. The number of hydrogen-bond donors (Lipinski definition) is 1. The zero-order valence-corrected chi connectivity index (χ0v) is 8.00. The molecule has 5 heteroatoms. The average molecular weight is 202 g/mol. The molecular formula is C10H10N4O. The monoisotopic (exact) mass is 202 g/mol. The molecule has 76 valence electrons. The fourth-order valence-corrected chi connectivity index (χ4v) is 1.39. The molecule has 1 aromatic carbocycles. The molecule has 1 heterocycles. The van der Waals surface area contributed by atoms with E-state index in [0.717, 1.165) is 5.56 Å². The minimum absolute atomic E-state index is 0.425. The number of primary amides is 1. The lowest BCUT2D eigenvalue weighted by molar-refractivity contribution is 0.0999. The van der Waals surface area contributed by atoms with Crippen molar-refractivity contribution in [1.29, 1.82) is 0 Å². The first-order valence-corrected chi connectivity index (χ1v) is 4.47. The second-order valence-electron chi connectivity index (χ2n) is 3.11. The highest BCUT2D eigenvalue weighted by atomic mass is 16.1. The van der Waals surface area contributed by atoms with Gasteiger partial charge in [0.25, 0.3) is 0 Å². The Labute approximate surface area is 86.5 Å².